The molecule has 0 radical (unpaired) electrons. The number of nitrogens with one attached hydrogen (secondary N) is 1. The second-order valence-electron chi connectivity index (χ2n) is 6.35. The Hall–Kier alpha value is -2.95. The van der Waals surface area contributed by atoms with Gasteiger partial charge in [-0.05, 0) is 48.0 Å². The van der Waals surface area contributed by atoms with Gasteiger partial charge in [-0.1, -0.05) is 0 Å². The van der Waals surface area contributed by atoms with E-state index in [-0.39, 0.29) is 4.90 Å². The molecule has 1 aliphatic heterocycles. The first kappa shape index (κ1) is 21.8. The van der Waals surface area contributed by atoms with E-state index in [4.69, 9.17) is 14.2 Å². The topological polar surface area (TPSA) is 107 Å². The van der Waals surface area contributed by atoms with Crippen LogP contribution in [0.3, 0.4) is 0 Å². The number of carbonyl (C=O) groups is 1. The molecular weight excluding hydrogens is 410 g/mol. The number of carbonyl (C=O) groups excluding carboxylic acids is 1. The predicted molar refractivity (Wildman–Crippen MR) is 111 cm³/mol. The molecule has 3 rings (SSSR count). The fourth-order valence-corrected chi connectivity index (χ4v) is 4.29. The number of amides is 1. The SMILES string of the molecule is COc1ccc(C=NNC(=O)c2ccc(S(=O)(=O)N3CCOCC3)cc2)cc1OC. The monoisotopic (exact) mass is 433 g/mol. The van der Waals surface area contributed by atoms with Crippen molar-refractivity contribution in [1.29, 1.82) is 0 Å². The molecule has 10 heteroatoms. The molecule has 9 nitrogen and oxygen atoms in total. The van der Waals surface area contributed by atoms with Crippen molar-refractivity contribution in [3.8, 4) is 11.5 Å². The molecule has 160 valence electrons. The summed E-state index contributed by atoms with van der Waals surface area (Å²) >= 11 is 0. The largest absolute Gasteiger partial charge is 0.493 e. The van der Waals surface area contributed by atoms with Gasteiger partial charge in [0.05, 0.1) is 38.5 Å². The van der Waals surface area contributed by atoms with E-state index in [1.54, 1.807) is 25.3 Å². The Labute approximate surface area is 175 Å². The van der Waals surface area contributed by atoms with E-state index < -0.39 is 15.9 Å². The third kappa shape index (κ3) is 4.96. The summed E-state index contributed by atoms with van der Waals surface area (Å²) in [7, 11) is -0.524. The zero-order valence-corrected chi connectivity index (χ0v) is 17.5. The summed E-state index contributed by atoms with van der Waals surface area (Å²) in [6.07, 6.45) is 1.47. The van der Waals surface area contributed by atoms with Crippen molar-refractivity contribution >= 4 is 22.1 Å². The van der Waals surface area contributed by atoms with Crippen LogP contribution in [0.5, 0.6) is 11.5 Å². The molecule has 30 heavy (non-hydrogen) atoms. The van der Waals surface area contributed by atoms with E-state index in [1.807, 2.05) is 0 Å². The van der Waals surface area contributed by atoms with Gasteiger partial charge in [0.1, 0.15) is 0 Å². The van der Waals surface area contributed by atoms with E-state index in [1.165, 1.54) is 41.9 Å². The first-order valence-corrected chi connectivity index (χ1v) is 10.6. The molecule has 1 saturated heterocycles. The summed E-state index contributed by atoms with van der Waals surface area (Å²) in [6, 6.07) is 11.0. The van der Waals surface area contributed by atoms with Crippen molar-refractivity contribution < 1.29 is 27.4 Å². The van der Waals surface area contributed by atoms with Crippen LogP contribution in [0.2, 0.25) is 0 Å². The van der Waals surface area contributed by atoms with Crippen LogP contribution in [-0.2, 0) is 14.8 Å². The fraction of sp³-hybridized carbons (Fsp3) is 0.300. The summed E-state index contributed by atoms with van der Waals surface area (Å²) in [5.41, 5.74) is 3.42. The number of rotatable bonds is 7. The predicted octanol–water partition coefficient (Wildman–Crippen LogP) is 1.49. The number of nitrogens with zero attached hydrogens (tertiary/aromatic N) is 2. The number of hydrogen-bond donors (Lipinski definition) is 1. The molecule has 1 aliphatic rings. The van der Waals surface area contributed by atoms with Gasteiger partial charge in [-0.25, -0.2) is 13.8 Å². The second kappa shape index (κ2) is 9.70. The molecule has 0 spiro atoms. The average Bonchev–Trinajstić information content (AvgIpc) is 2.79. The lowest BCUT2D eigenvalue weighted by Gasteiger charge is -2.26. The van der Waals surface area contributed by atoms with Gasteiger partial charge in [0, 0.05) is 18.7 Å². The third-order valence-corrected chi connectivity index (χ3v) is 6.42. The molecule has 0 saturated carbocycles. The Morgan fingerprint density at radius 1 is 1.07 bits per heavy atom. The Bertz CT molecular complexity index is 1020. The summed E-state index contributed by atoms with van der Waals surface area (Å²) in [5.74, 6) is 0.678. The van der Waals surface area contributed by atoms with Crippen molar-refractivity contribution in [1.82, 2.24) is 9.73 Å². The molecule has 0 atom stereocenters. The zero-order valence-electron chi connectivity index (χ0n) is 16.7. The number of sulfonamides is 1. The lowest BCUT2D eigenvalue weighted by molar-refractivity contribution is 0.0730. The minimum atomic E-state index is -3.60. The van der Waals surface area contributed by atoms with Crippen LogP contribution in [-0.4, -0.2) is 65.4 Å². The first-order chi connectivity index (χ1) is 14.5. The van der Waals surface area contributed by atoms with Crippen LogP contribution in [0.15, 0.2) is 52.5 Å². The van der Waals surface area contributed by atoms with Crippen molar-refractivity contribution in [3.05, 3.63) is 53.6 Å². The summed E-state index contributed by atoms with van der Waals surface area (Å²) < 4.78 is 42.2. The van der Waals surface area contributed by atoms with Gasteiger partial charge < -0.3 is 14.2 Å². The molecule has 0 bridgehead atoms. The van der Waals surface area contributed by atoms with Crippen LogP contribution >= 0.6 is 0 Å². The Morgan fingerprint density at radius 2 is 1.73 bits per heavy atom. The average molecular weight is 433 g/mol. The van der Waals surface area contributed by atoms with E-state index in [9.17, 15) is 13.2 Å². The quantitative estimate of drug-likeness (QED) is 0.524. The van der Waals surface area contributed by atoms with E-state index in [0.29, 0.717) is 48.9 Å². The molecule has 1 heterocycles. The van der Waals surface area contributed by atoms with Crippen molar-refractivity contribution in [2.24, 2.45) is 5.10 Å². The number of morpholine rings is 1. The van der Waals surface area contributed by atoms with E-state index in [0.717, 1.165) is 0 Å². The van der Waals surface area contributed by atoms with E-state index in [2.05, 4.69) is 10.5 Å². The number of ether oxygens (including phenoxy) is 3. The number of benzene rings is 2. The Balaban J connectivity index is 1.64. The minimum absolute atomic E-state index is 0.134. The summed E-state index contributed by atoms with van der Waals surface area (Å²) in [4.78, 5) is 12.4. The van der Waals surface area contributed by atoms with Gasteiger partial charge in [0.25, 0.3) is 5.91 Å². The molecule has 2 aromatic carbocycles. The highest BCUT2D eigenvalue weighted by molar-refractivity contribution is 7.89. The molecule has 1 fully saturated rings. The summed E-state index contributed by atoms with van der Waals surface area (Å²) in [6.45, 7) is 1.38. The molecular formula is C20H23N3O6S. The van der Waals surface area contributed by atoms with Crippen LogP contribution in [0.25, 0.3) is 0 Å². The summed E-state index contributed by atoms with van der Waals surface area (Å²) in [5, 5.41) is 3.93. The normalized spacial score (nSPS) is 15.1. The van der Waals surface area contributed by atoms with E-state index >= 15 is 0 Å². The van der Waals surface area contributed by atoms with Crippen molar-refractivity contribution in [2.75, 3.05) is 40.5 Å². The minimum Gasteiger partial charge on any atom is -0.493 e. The molecule has 1 N–H and O–H groups in total. The molecule has 2 aromatic rings. The van der Waals surface area contributed by atoms with Gasteiger partial charge in [-0.2, -0.15) is 9.41 Å². The van der Waals surface area contributed by atoms with Crippen LogP contribution < -0.4 is 14.9 Å². The van der Waals surface area contributed by atoms with Crippen LogP contribution in [0.4, 0.5) is 0 Å². The second-order valence-corrected chi connectivity index (χ2v) is 8.29. The maximum absolute atomic E-state index is 12.6. The lowest BCUT2D eigenvalue weighted by Crippen LogP contribution is -2.40. The van der Waals surface area contributed by atoms with Crippen molar-refractivity contribution in [2.45, 2.75) is 4.90 Å². The van der Waals surface area contributed by atoms with Gasteiger partial charge in [-0.15, -0.1) is 0 Å². The smallest absolute Gasteiger partial charge is 0.271 e. The maximum atomic E-state index is 12.6. The zero-order chi connectivity index (χ0) is 21.6. The fourth-order valence-electron chi connectivity index (χ4n) is 2.88. The lowest BCUT2D eigenvalue weighted by atomic mass is 10.2. The van der Waals surface area contributed by atoms with Crippen molar-refractivity contribution in [3.63, 3.8) is 0 Å². The molecule has 0 aromatic heterocycles. The van der Waals surface area contributed by atoms with Crippen LogP contribution in [0, 0.1) is 0 Å². The number of hydrogen-bond acceptors (Lipinski definition) is 7. The highest BCUT2D eigenvalue weighted by Gasteiger charge is 2.26. The standard InChI is InChI=1S/C20H23N3O6S/c1-27-18-8-3-15(13-19(18)28-2)14-21-22-20(24)16-4-6-17(7-5-16)30(25,26)23-9-11-29-12-10-23/h3-8,13-14H,9-12H2,1-2H3,(H,22,24). The van der Waals surface area contributed by atoms with Gasteiger partial charge in [-0.3, -0.25) is 4.79 Å². The maximum Gasteiger partial charge on any atom is 0.271 e. The van der Waals surface area contributed by atoms with Gasteiger partial charge >= 0.3 is 0 Å². The molecule has 0 unspecified atom stereocenters. The van der Waals surface area contributed by atoms with Gasteiger partial charge in [0.2, 0.25) is 10.0 Å². The van der Waals surface area contributed by atoms with Crippen LogP contribution in [0.1, 0.15) is 15.9 Å². The third-order valence-electron chi connectivity index (χ3n) is 4.51. The highest BCUT2D eigenvalue weighted by Crippen LogP contribution is 2.26. The number of methoxy groups -OCH3 is 2. The molecule has 0 aliphatic carbocycles. The Kier molecular flexibility index (Phi) is 7.03. The van der Waals surface area contributed by atoms with Gasteiger partial charge in [0.15, 0.2) is 11.5 Å². The Morgan fingerprint density at radius 3 is 2.37 bits per heavy atom. The highest BCUT2D eigenvalue weighted by atomic mass is 32.2. The first-order valence-electron chi connectivity index (χ1n) is 9.19. The number of hydrazone groups is 1. The molecule has 1 amide bonds.